The largest absolute Gasteiger partial charge is 0.323 e. The third kappa shape index (κ3) is 1.54. The fourth-order valence-electron chi connectivity index (χ4n) is 2.24. The third-order valence-electron chi connectivity index (χ3n) is 3.20. The molecule has 1 aliphatic carbocycles. The molecule has 1 amide bonds. The van der Waals surface area contributed by atoms with Crippen molar-refractivity contribution >= 4 is 5.91 Å². The van der Waals surface area contributed by atoms with Gasteiger partial charge in [0.25, 0.3) is 0 Å². The average Bonchev–Trinajstić information content (AvgIpc) is 2.90. The Morgan fingerprint density at radius 1 is 1.50 bits per heavy atom. The third-order valence-corrected chi connectivity index (χ3v) is 3.20. The second-order valence-corrected chi connectivity index (χ2v) is 4.79. The molecule has 1 heterocycles. The highest BCUT2D eigenvalue weighted by Gasteiger charge is 2.46. The first-order valence-corrected chi connectivity index (χ1v) is 5.73. The summed E-state index contributed by atoms with van der Waals surface area (Å²) < 4.78 is 0. The molecule has 14 heavy (non-hydrogen) atoms. The second kappa shape index (κ2) is 3.54. The number of nitrogens with one attached hydrogen (secondary N) is 1. The minimum atomic E-state index is 0.0722. The van der Waals surface area contributed by atoms with E-state index < -0.39 is 0 Å². The zero-order valence-electron chi connectivity index (χ0n) is 9.29. The van der Waals surface area contributed by atoms with E-state index in [2.05, 4.69) is 31.0 Å². The van der Waals surface area contributed by atoms with Crippen LogP contribution in [-0.4, -0.2) is 29.1 Å². The van der Waals surface area contributed by atoms with Gasteiger partial charge in [-0.15, -0.1) is 0 Å². The maximum Gasteiger partial charge on any atom is 0.241 e. The fourth-order valence-corrected chi connectivity index (χ4v) is 2.24. The van der Waals surface area contributed by atoms with Crippen LogP contribution in [0.3, 0.4) is 0 Å². The van der Waals surface area contributed by atoms with Crippen molar-refractivity contribution in [1.82, 2.24) is 10.2 Å². The molecule has 1 aliphatic heterocycles. The van der Waals surface area contributed by atoms with Crippen molar-refractivity contribution < 1.29 is 4.79 Å². The van der Waals surface area contributed by atoms with Crippen molar-refractivity contribution in [2.24, 2.45) is 5.92 Å². The lowest BCUT2D eigenvalue weighted by Gasteiger charge is -2.27. The van der Waals surface area contributed by atoms with E-state index in [1.165, 1.54) is 12.8 Å². The lowest BCUT2D eigenvalue weighted by atomic mass is 10.1. The fraction of sp³-hybridized carbons (Fsp3) is 0.909. The van der Waals surface area contributed by atoms with E-state index in [0.717, 1.165) is 6.42 Å². The van der Waals surface area contributed by atoms with Crippen LogP contribution in [0.4, 0.5) is 0 Å². The number of nitrogens with zero attached hydrogens (tertiary/aromatic N) is 1. The number of amides is 1. The van der Waals surface area contributed by atoms with E-state index in [9.17, 15) is 4.79 Å². The van der Waals surface area contributed by atoms with Gasteiger partial charge < -0.3 is 4.90 Å². The number of hydrogen-bond acceptors (Lipinski definition) is 2. The van der Waals surface area contributed by atoms with Crippen molar-refractivity contribution in [3.05, 3.63) is 0 Å². The quantitative estimate of drug-likeness (QED) is 0.739. The molecule has 0 spiro atoms. The molecule has 0 aromatic heterocycles. The number of hydrogen-bond donors (Lipinski definition) is 1. The molecule has 0 aromatic carbocycles. The highest BCUT2D eigenvalue weighted by atomic mass is 16.2. The highest BCUT2D eigenvalue weighted by molar-refractivity contribution is 5.84. The molecule has 1 N–H and O–H groups in total. The van der Waals surface area contributed by atoms with Gasteiger partial charge in [-0.3, -0.25) is 10.1 Å². The molecule has 0 bridgehead atoms. The van der Waals surface area contributed by atoms with Crippen molar-refractivity contribution in [2.75, 3.05) is 0 Å². The molecule has 2 atom stereocenters. The van der Waals surface area contributed by atoms with Crippen LogP contribution >= 0.6 is 0 Å². The van der Waals surface area contributed by atoms with Gasteiger partial charge in [-0.25, -0.2) is 0 Å². The molecule has 3 nitrogen and oxygen atoms in total. The van der Waals surface area contributed by atoms with Gasteiger partial charge in [0.1, 0.15) is 0 Å². The van der Waals surface area contributed by atoms with Crippen molar-refractivity contribution in [3.63, 3.8) is 0 Å². The van der Waals surface area contributed by atoms with Gasteiger partial charge in [-0.2, -0.15) is 0 Å². The predicted molar refractivity (Wildman–Crippen MR) is 55.7 cm³/mol. The first-order valence-electron chi connectivity index (χ1n) is 5.73. The number of carbonyl (C=O) groups is 1. The Bertz CT molecular complexity index is 235. The first-order chi connectivity index (χ1) is 6.65. The number of rotatable bonds is 3. The van der Waals surface area contributed by atoms with E-state index in [1.54, 1.807) is 0 Å². The summed E-state index contributed by atoms with van der Waals surface area (Å²) >= 11 is 0. The van der Waals surface area contributed by atoms with Gasteiger partial charge in [0.15, 0.2) is 0 Å². The van der Waals surface area contributed by atoms with Crippen molar-refractivity contribution in [1.29, 1.82) is 0 Å². The molecule has 0 radical (unpaired) electrons. The Kier molecular flexibility index (Phi) is 2.52. The maximum absolute atomic E-state index is 12.0. The summed E-state index contributed by atoms with van der Waals surface area (Å²) in [6.45, 7) is 6.43. The molecule has 2 fully saturated rings. The van der Waals surface area contributed by atoms with E-state index in [-0.39, 0.29) is 12.2 Å². The van der Waals surface area contributed by atoms with E-state index >= 15 is 0 Å². The molecule has 2 aliphatic rings. The van der Waals surface area contributed by atoms with Crippen LogP contribution in [0.15, 0.2) is 0 Å². The van der Waals surface area contributed by atoms with E-state index in [4.69, 9.17) is 0 Å². The first kappa shape index (κ1) is 9.97. The molecule has 3 heteroatoms. The molecule has 0 aromatic rings. The second-order valence-electron chi connectivity index (χ2n) is 4.79. The van der Waals surface area contributed by atoms with Crippen LogP contribution in [0.5, 0.6) is 0 Å². The Balaban J connectivity index is 2.12. The molecule has 2 unspecified atom stereocenters. The summed E-state index contributed by atoms with van der Waals surface area (Å²) in [6.07, 6.45) is 3.59. The lowest BCUT2D eigenvalue weighted by molar-refractivity contribution is -0.131. The molecule has 1 saturated heterocycles. The summed E-state index contributed by atoms with van der Waals surface area (Å²) in [5, 5.41) is 3.44. The minimum absolute atomic E-state index is 0.0722. The van der Waals surface area contributed by atoms with Gasteiger partial charge >= 0.3 is 0 Å². The summed E-state index contributed by atoms with van der Waals surface area (Å²) in [5.41, 5.74) is 0. The summed E-state index contributed by atoms with van der Waals surface area (Å²) in [4.78, 5) is 14.1. The Morgan fingerprint density at radius 3 is 2.57 bits per heavy atom. The zero-order chi connectivity index (χ0) is 10.3. The van der Waals surface area contributed by atoms with Gasteiger partial charge in [-0.1, -0.05) is 20.8 Å². The summed E-state index contributed by atoms with van der Waals surface area (Å²) in [5.74, 6) is 0.838. The summed E-state index contributed by atoms with van der Waals surface area (Å²) in [6, 6.07) is 0.613. The Labute approximate surface area is 85.8 Å². The van der Waals surface area contributed by atoms with Crippen LogP contribution in [0.1, 0.15) is 40.0 Å². The normalized spacial score (nSPS) is 33.1. The molecule has 1 saturated carbocycles. The van der Waals surface area contributed by atoms with Crippen LogP contribution in [0, 0.1) is 5.92 Å². The van der Waals surface area contributed by atoms with Crippen molar-refractivity contribution in [3.8, 4) is 0 Å². The Hall–Kier alpha value is -0.570. The van der Waals surface area contributed by atoms with Gasteiger partial charge in [0.2, 0.25) is 5.91 Å². The maximum atomic E-state index is 12.0. The Morgan fingerprint density at radius 2 is 2.14 bits per heavy atom. The topological polar surface area (TPSA) is 32.3 Å². The minimum Gasteiger partial charge on any atom is -0.323 e. The molecular formula is C11H20N2O. The SMILES string of the molecule is CCC1NC(C(C)C)N(C2CC2)C1=O. The van der Waals surface area contributed by atoms with E-state index in [1.807, 2.05) is 0 Å². The van der Waals surface area contributed by atoms with Crippen LogP contribution in [0.25, 0.3) is 0 Å². The summed E-state index contributed by atoms with van der Waals surface area (Å²) in [7, 11) is 0. The van der Waals surface area contributed by atoms with Gasteiger partial charge in [-0.05, 0) is 25.2 Å². The lowest BCUT2D eigenvalue weighted by Crippen LogP contribution is -2.42. The standard InChI is InChI=1S/C11H20N2O/c1-4-9-11(14)13(8-5-6-8)10(12-9)7(2)3/h7-10,12H,4-6H2,1-3H3. The zero-order valence-corrected chi connectivity index (χ0v) is 9.29. The number of carbonyl (C=O) groups excluding carboxylic acids is 1. The van der Waals surface area contributed by atoms with E-state index in [0.29, 0.717) is 17.9 Å². The smallest absolute Gasteiger partial charge is 0.241 e. The predicted octanol–water partition coefficient (Wildman–Crippen LogP) is 1.34. The average molecular weight is 196 g/mol. The molecule has 2 rings (SSSR count). The van der Waals surface area contributed by atoms with Gasteiger partial charge in [0.05, 0.1) is 12.2 Å². The highest BCUT2D eigenvalue weighted by Crippen LogP contribution is 2.33. The van der Waals surface area contributed by atoms with Crippen LogP contribution in [-0.2, 0) is 4.79 Å². The molecular weight excluding hydrogens is 176 g/mol. The van der Waals surface area contributed by atoms with Crippen molar-refractivity contribution in [2.45, 2.75) is 58.3 Å². The van der Waals surface area contributed by atoms with Crippen LogP contribution in [0.2, 0.25) is 0 Å². The van der Waals surface area contributed by atoms with Gasteiger partial charge in [0, 0.05) is 6.04 Å². The van der Waals surface area contributed by atoms with Crippen LogP contribution < -0.4 is 5.32 Å². The monoisotopic (exact) mass is 196 g/mol. The molecule has 80 valence electrons.